The molecule has 0 aliphatic rings. The molecule has 0 aromatic carbocycles. The van der Waals surface area contributed by atoms with E-state index in [1.54, 1.807) is 12.3 Å². The summed E-state index contributed by atoms with van der Waals surface area (Å²) in [5, 5.41) is 8.36. The average molecular weight is 181 g/mol. The smallest absolute Gasteiger partial charge is 0.292 e. The van der Waals surface area contributed by atoms with Crippen LogP contribution in [0.25, 0.3) is 0 Å². The summed E-state index contributed by atoms with van der Waals surface area (Å²) in [5.74, 6) is 5.38. The van der Waals surface area contributed by atoms with Crippen LogP contribution in [0.5, 0.6) is 0 Å². The van der Waals surface area contributed by atoms with Crippen LogP contribution in [0.4, 0.5) is 0 Å². The van der Waals surface area contributed by atoms with E-state index >= 15 is 0 Å². The maximum atomic E-state index is 8.95. The molecule has 0 aliphatic heterocycles. The normalized spacial score (nSPS) is 7.77. The van der Waals surface area contributed by atoms with Gasteiger partial charge < -0.3 is 10.6 Å². The Balaban J connectivity index is 0.000000310. The summed E-state index contributed by atoms with van der Waals surface area (Å²) in [5.41, 5.74) is 1.50. The molecule has 1 rings (SSSR count). The second-order valence-electron chi connectivity index (χ2n) is 2.22. The number of hydrogen-bond donors (Lipinski definition) is 1. The molecule has 0 radical (unpaired) electrons. The number of carbonyl (C=O) groups excluding carboxylic acids is 1. The van der Waals surface area contributed by atoms with Gasteiger partial charge in [0.25, 0.3) is 6.47 Å². The van der Waals surface area contributed by atoms with E-state index in [0.717, 1.165) is 5.69 Å². The fourth-order valence-corrected chi connectivity index (χ4v) is 0.650. The lowest BCUT2D eigenvalue weighted by molar-refractivity contribution is -0.126. The molecule has 0 unspecified atom stereocenters. The van der Waals surface area contributed by atoms with Crippen molar-refractivity contribution >= 4 is 6.47 Å². The monoisotopic (exact) mass is 181 g/mol. The number of nitrogen functional groups attached to an aromatic ring is 1. The van der Waals surface area contributed by atoms with Crippen molar-refractivity contribution in [2.45, 2.75) is 6.92 Å². The predicted molar refractivity (Wildman–Crippen MR) is 47.1 cm³/mol. The summed E-state index contributed by atoms with van der Waals surface area (Å²) in [4.78, 5) is 8.95. The van der Waals surface area contributed by atoms with E-state index in [1.807, 2.05) is 13.0 Å². The zero-order valence-corrected chi connectivity index (χ0v) is 7.52. The Hall–Kier alpha value is -1.96. The number of nitrogens with zero attached hydrogens (tertiary/aromatic N) is 2. The van der Waals surface area contributed by atoms with E-state index in [4.69, 9.17) is 15.9 Å². The van der Waals surface area contributed by atoms with E-state index in [1.165, 1.54) is 11.8 Å². The zero-order valence-electron chi connectivity index (χ0n) is 7.52. The molecular weight excluding hydrogens is 170 g/mol. The van der Waals surface area contributed by atoms with Crippen LogP contribution >= 0.6 is 0 Å². The number of nitrogens with two attached hydrogens (primary N) is 1. The number of nitriles is 1. The molecule has 0 aliphatic carbocycles. The minimum absolute atomic E-state index is 0.375. The van der Waals surface area contributed by atoms with Crippen LogP contribution in [-0.2, 0) is 9.53 Å². The third-order valence-electron chi connectivity index (χ3n) is 1.28. The van der Waals surface area contributed by atoms with Crippen molar-refractivity contribution in [3.63, 3.8) is 0 Å². The van der Waals surface area contributed by atoms with Crippen molar-refractivity contribution in [1.29, 1.82) is 5.26 Å². The number of methoxy groups -OCH3 is 1. The van der Waals surface area contributed by atoms with Gasteiger partial charge in [-0.3, -0.25) is 9.47 Å². The number of carbonyl (C=O) groups is 1. The topological polar surface area (TPSA) is 81.0 Å². The minimum Gasteiger partial charge on any atom is -0.471 e. The van der Waals surface area contributed by atoms with E-state index < -0.39 is 0 Å². The van der Waals surface area contributed by atoms with E-state index in [0.29, 0.717) is 12.0 Å². The van der Waals surface area contributed by atoms with Gasteiger partial charge in [0.1, 0.15) is 6.07 Å². The molecule has 0 saturated heterocycles. The summed E-state index contributed by atoms with van der Waals surface area (Å²) >= 11 is 0. The van der Waals surface area contributed by atoms with Crippen molar-refractivity contribution in [3.8, 4) is 6.07 Å². The Morgan fingerprint density at radius 3 is 2.46 bits per heavy atom. The van der Waals surface area contributed by atoms with Crippen LogP contribution in [0.3, 0.4) is 0 Å². The lowest BCUT2D eigenvalue weighted by atomic mass is 10.3. The molecule has 0 amide bonds. The number of rotatable bonds is 1. The molecule has 0 bridgehead atoms. The maximum absolute atomic E-state index is 8.95. The van der Waals surface area contributed by atoms with E-state index in [2.05, 4.69) is 4.74 Å². The molecule has 1 aromatic heterocycles. The molecule has 5 nitrogen and oxygen atoms in total. The SMILES string of the molecule is COC=O.Cc1cc(C#N)cn1N. The van der Waals surface area contributed by atoms with Crippen molar-refractivity contribution in [2.24, 2.45) is 0 Å². The minimum atomic E-state index is 0.375. The maximum Gasteiger partial charge on any atom is 0.292 e. The first kappa shape index (κ1) is 11.0. The summed E-state index contributed by atoms with van der Waals surface area (Å²) in [6, 6.07) is 3.72. The number of aryl methyl sites for hydroxylation is 1. The first-order chi connectivity index (χ1) is 6.15. The summed E-state index contributed by atoms with van der Waals surface area (Å²) in [6.45, 7) is 2.22. The van der Waals surface area contributed by atoms with Crippen LogP contribution in [0, 0.1) is 18.3 Å². The summed E-state index contributed by atoms with van der Waals surface area (Å²) in [7, 11) is 1.31. The highest BCUT2D eigenvalue weighted by atomic mass is 16.5. The summed E-state index contributed by atoms with van der Waals surface area (Å²) < 4.78 is 5.29. The largest absolute Gasteiger partial charge is 0.471 e. The predicted octanol–water partition coefficient (Wildman–Crippen LogP) is 0.171. The Kier molecular flexibility index (Phi) is 4.81. The molecular formula is C8H11N3O2. The van der Waals surface area contributed by atoms with Gasteiger partial charge in [-0.25, -0.2) is 0 Å². The van der Waals surface area contributed by atoms with E-state index in [9.17, 15) is 0 Å². The van der Waals surface area contributed by atoms with Gasteiger partial charge in [-0.1, -0.05) is 0 Å². The zero-order chi connectivity index (χ0) is 10.3. The van der Waals surface area contributed by atoms with Gasteiger partial charge in [-0.2, -0.15) is 5.26 Å². The first-order valence-corrected chi connectivity index (χ1v) is 3.46. The van der Waals surface area contributed by atoms with Crippen LogP contribution in [0.15, 0.2) is 12.3 Å². The fourth-order valence-electron chi connectivity index (χ4n) is 0.650. The highest BCUT2D eigenvalue weighted by Crippen LogP contribution is 2.00. The Morgan fingerprint density at radius 2 is 2.31 bits per heavy atom. The summed E-state index contributed by atoms with van der Waals surface area (Å²) in [6.07, 6.45) is 1.59. The van der Waals surface area contributed by atoms with Crippen LogP contribution in [0.1, 0.15) is 11.3 Å². The highest BCUT2D eigenvalue weighted by Gasteiger charge is 1.95. The van der Waals surface area contributed by atoms with Gasteiger partial charge in [0.2, 0.25) is 0 Å². The van der Waals surface area contributed by atoms with Gasteiger partial charge in [0, 0.05) is 11.9 Å². The van der Waals surface area contributed by atoms with Crippen LogP contribution in [-0.4, -0.2) is 18.3 Å². The average Bonchev–Trinajstić information content (AvgIpc) is 2.47. The van der Waals surface area contributed by atoms with Gasteiger partial charge >= 0.3 is 0 Å². The Labute approximate surface area is 76.3 Å². The molecule has 5 heteroatoms. The van der Waals surface area contributed by atoms with Gasteiger partial charge in [-0.15, -0.1) is 0 Å². The molecule has 1 heterocycles. The van der Waals surface area contributed by atoms with Crippen molar-refractivity contribution in [1.82, 2.24) is 4.68 Å². The number of ether oxygens (including phenoxy) is 1. The molecule has 0 fully saturated rings. The van der Waals surface area contributed by atoms with Crippen molar-refractivity contribution in [2.75, 3.05) is 13.0 Å². The molecule has 1 aromatic rings. The second kappa shape index (κ2) is 5.66. The fraction of sp³-hybridized carbons (Fsp3) is 0.250. The Morgan fingerprint density at radius 1 is 1.77 bits per heavy atom. The number of aromatic nitrogens is 1. The van der Waals surface area contributed by atoms with Gasteiger partial charge in [0.05, 0.1) is 12.7 Å². The standard InChI is InChI=1S/C6H7N3.C2H4O2/c1-5-2-6(3-7)4-9(5)8;1-4-2-3/h2,4H,8H2,1H3;2H,1H3. The quantitative estimate of drug-likeness (QED) is 0.494. The van der Waals surface area contributed by atoms with E-state index in [-0.39, 0.29) is 0 Å². The molecule has 0 spiro atoms. The number of hydrogen-bond acceptors (Lipinski definition) is 4. The third-order valence-corrected chi connectivity index (χ3v) is 1.28. The third kappa shape index (κ3) is 3.82. The molecule has 13 heavy (non-hydrogen) atoms. The first-order valence-electron chi connectivity index (χ1n) is 3.46. The molecule has 0 saturated carbocycles. The van der Waals surface area contributed by atoms with Gasteiger partial charge in [0.15, 0.2) is 0 Å². The van der Waals surface area contributed by atoms with Crippen molar-refractivity contribution in [3.05, 3.63) is 23.5 Å². The second-order valence-corrected chi connectivity index (χ2v) is 2.22. The van der Waals surface area contributed by atoms with Gasteiger partial charge in [-0.05, 0) is 13.0 Å². The van der Waals surface area contributed by atoms with Crippen molar-refractivity contribution < 1.29 is 9.53 Å². The molecule has 2 N–H and O–H groups in total. The lowest BCUT2D eigenvalue weighted by Gasteiger charge is -1.90. The lowest BCUT2D eigenvalue weighted by Crippen LogP contribution is -2.07. The van der Waals surface area contributed by atoms with Crippen LogP contribution in [0.2, 0.25) is 0 Å². The highest BCUT2D eigenvalue weighted by molar-refractivity contribution is 5.36. The molecule has 70 valence electrons. The molecule has 0 atom stereocenters. The van der Waals surface area contributed by atoms with Crippen LogP contribution < -0.4 is 5.84 Å². The Bertz CT molecular complexity index is 292.